The molecule has 1 aliphatic rings. The van der Waals surface area contributed by atoms with Gasteiger partial charge in [0, 0.05) is 28.7 Å². The molecule has 3 rings (SSSR count). The first-order chi connectivity index (χ1) is 12.4. The minimum absolute atomic E-state index is 0.0188. The van der Waals surface area contributed by atoms with Crippen LogP contribution in [0.15, 0.2) is 46.9 Å². The molecule has 0 radical (unpaired) electrons. The van der Waals surface area contributed by atoms with E-state index in [1.165, 1.54) is 12.1 Å². The summed E-state index contributed by atoms with van der Waals surface area (Å²) in [4.78, 5) is 17.0. The number of aliphatic hydroxyl groups is 1. The maximum atomic E-state index is 14.5. The van der Waals surface area contributed by atoms with Crippen LogP contribution in [-0.4, -0.2) is 42.1 Å². The molecule has 1 atom stereocenters. The van der Waals surface area contributed by atoms with Crippen LogP contribution < -0.4 is 4.90 Å². The Morgan fingerprint density at radius 1 is 1.15 bits per heavy atom. The van der Waals surface area contributed by atoms with Crippen molar-refractivity contribution in [3.63, 3.8) is 0 Å². The van der Waals surface area contributed by atoms with Gasteiger partial charge < -0.3 is 14.9 Å². The molecule has 1 unspecified atom stereocenters. The monoisotopic (exact) mass is 420 g/mol. The van der Waals surface area contributed by atoms with E-state index in [2.05, 4.69) is 34.7 Å². The predicted molar refractivity (Wildman–Crippen MR) is 104 cm³/mol. The Morgan fingerprint density at radius 2 is 1.85 bits per heavy atom. The molecule has 0 bridgehead atoms. The molecule has 0 saturated carbocycles. The summed E-state index contributed by atoms with van der Waals surface area (Å²) in [6.45, 7) is 7.01. The number of benzene rings is 2. The number of hydrogen-bond acceptors (Lipinski definition) is 3. The van der Waals surface area contributed by atoms with Gasteiger partial charge in [-0.1, -0.05) is 48.0 Å². The molecule has 0 aliphatic carbocycles. The van der Waals surface area contributed by atoms with Gasteiger partial charge in [0.15, 0.2) is 5.60 Å². The fourth-order valence-electron chi connectivity index (χ4n) is 3.47. The van der Waals surface area contributed by atoms with E-state index in [1.807, 2.05) is 6.07 Å². The summed E-state index contributed by atoms with van der Waals surface area (Å²) in [7, 11) is 0. The van der Waals surface area contributed by atoms with Crippen LogP contribution >= 0.6 is 15.9 Å². The highest BCUT2D eigenvalue weighted by molar-refractivity contribution is 9.10. The first kappa shape index (κ1) is 19.0. The number of halogens is 2. The van der Waals surface area contributed by atoms with Crippen LogP contribution in [0.1, 0.15) is 25.0 Å². The zero-order valence-electron chi connectivity index (χ0n) is 14.9. The van der Waals surface area contributed by atoms with E-state index in [0.717, 1.165) is 17.6 Å². The van der Waals surface area contributed by atoms with Gasteiger partial charge >= 0.3 is 0 Å². The second-order valence-corrected chi connectivity index (χ2v) is 7.25. The van der Waals surface area contributed by atoms with Gasteiger partial charge in [-0.25, -0.2) is 4.39 Å². The number of carbonyl (C=O) groups excluding carboxylic acids is 1. The quantitative estimate of drug-likeness (QED) is 0.777. The van der Waals surface area contributed by atoms with Crippen LogP contribution in [0.25, 0.3) is 0 Å². The third-order valence-corrected chi connectivity index (χ3v) is 5.49. The lowest BCUT2D eigenvalue weighted by Gasteiger charge is -2.26. The summed E-state index contributed by atoms with van der Waals surface area (Å²) in [5.41, 5.74) is -1.01. The van der Waals surface area contributed by atoms with E-state index < -0.39 is 17.3 Å². The second kappa shape index (κ2) is 7.47. The van der Waals surface area contributed by atoms with Crippen molar-refractivity contribution in [1.29, 1.82) is 0 Å². The van der Waals surface area contributed by atoms with E-state index in [9.17, 15) is 14.3 Å². The Hall–Kier alpha value is -1.76. The summed E-state index contributed by atoms with van der Waals surface area (Å²) in [5, 5.41) is 11.4. The summed E-state index contributed by atoms with van der Waals surface area (Å²) >= 11 is 3.39. The van der Waals surface area contributed by atoms with Gasteiger partial charge in [0.1, 0.15) is 5.82 Å². The zero-order chi connectivity index (χ0) is 18.9. The SMILES string of the molecule is CCN(CC)CCN1C(=O)C(O)(c2ccccc2F)c2cc(Br)ccc21. The van der Waals surface area contributed by atoms with E-state index in [-0.39, 0.29) is 5.56 Å². The molecule has 0 aromatic heterocycles. The number of fused-ring (bicyclic) bond motifs is 1. The molecule has 26 heavy (non-hydrogen) atoms. The Kier molecular flexibility index (Phi) is 5.46. The highest BCUT2D eigenvalue weighted by Gasteiger charge is 2.52. The van der Waals surface area contributed by atoms with Crippen molar-refractivity contribution in [1.82, 2.24) is 4.90 Å². The fourth-order valence-corrected chi connectivity index (χ4v) is 3.83. The molecule has 1 heterocycles. The van der Waals surface area contributed by atoms with Crippen molar-refractivity contribution in [2.45, 2.75) is 19.4 Å². The Labute approximate surface area is 161 Å². The number of hydrogen-bond donors (Lipinski definition) is 1. The first-order valence-corrected chi connectivity index (χ1v) is 9.54. The molecule has 0 fully saturated rings. The number of amides is 1. The molecular weight excluding hydrogens is 399 g/mol. The number of rotatable bonds is 6. The molecule has 2 aromatic rings. The normalized spacial score (nSPS) is 19.3. The van der Waals surface area contributed by atoms with E-state index >= 15 is 0 Å². The highest BCUT2D eigenvalue weighted by Crippen LogP contribution is 2.46. The molecule has 0 saturated heterocycles. The minimum atomic E-state index is -2.02. The lowest BCUT2D eigenvalue weighted by atomic mass is 9.87. The van der Waals surface area contributed by atoms with Crippen molar-refractivity contribution >= 4 is 27.5 Å². The maximum absolute atomic E-state index is 14.5. The molecule has 1 amide bonds. The van der Waals surface area contributed by atoms with Crippen molar-refractivity contribution in [2.24, 2.45) is 0 Å². The van der Waals surface area contributed by atoms with E-state index in [0.29, 0.717) is 24.3 Å². The van der Waals surface area contributed by atoms with Crippen molar-refractivity contribution in [2.75, 3.05) is 31.1 Å². The lowest BCUT2D eigenvalue weighted by Crippen LogP contribution is -2.44. The van der Waals surface area contributed by atoms with Crippen LogP contribution in [0.3, 0.4) is 0 Å². The van der Waals surface area contributed by atoms with E-state index in [1.54, 1.807) is 29.2 Å². The Morgan fingerprint density at radius 3 is 2.50 bits per heavy atom. The Balaban J connectivity index is 2.07. The largest absolute Gasteiger partial charge is 0.372 e. The molecule has 4 nitrogen and oxygen atoms in total. The third-order valence-electron chi connectivity index (χ3n) is 4.99. The number of likely N-dealkylation sites (N-methyl/N-ethyl adjacent to an activating group) is 1. The molecule has 1 aliphatic heterocycles. The van der Waals surface area contributed by atoms with Gasteiger partial charge in [-0.2, -0.15) is 0 Å². The van der Waals surface area contributed by atoms with Gasteiger partial charge in [-0.15, -0.1) is 0 Å². The van der Waals surface area contributed by atoms with Crippen LogP contribution in [0.5, 0.6) is 0 Å². The number of nitrogens with zero attached hydrogens (tertiary/aromatic N) is 2. The van der Waals surface area contributed by atoms with Crippen molar-refractivity contribution < 1.29 is 14.3 Å². The first-order valence-electron chi connectivity index (χ1n) is 8.75. The summed E-state index contributed by atoms with van der Waals surface area (Å²) < 4.78 is 15.2. The zero-order valence-corrected chi connectivity index (χ0v) is 16.5. The molecule has 6 heteroatoms. The molecular formula is C20H22BrFN2O2. The van der Waals surface area contributed by atoms with Gasteiger partial charge in [0.25, 0.3) is 5.91 Å². The van der Waals surface area contributed by atoms with Crippen molar-refractivity contribution in [3.8, 4) is 0 Å². The molecule has 2 aromatic carbocycles. The summed E-state index contributed by atoms with van der Waals surface area (Å²) in [6.07, 6.45) is 0. The van der Waals surface area contributed by atoms with Gasteiger partial charge in [0.05, 0.1) is 5.69 Å². The van der Waals surface area contributed by atoms with Crippen molar-refractivity contribution in [3.05, 3.63) is 63.9 Å². The molecule has 138 valence electrons. The average Bonchev–Trinajstić information content (AvgIpc) is 2.85. The number of carbonyl (C=O) groups is 1. The third kappa shape index (κ3) is 3.06. The predicted octanol–water partition coefficient (Wildman–Crippen LogP) is 3.51. The summed E-state index contributed by atoms with van der Waals surface area (Å²) in [6, 6.07) is 11.2. The van der Waals surface area contributed by atoms with E-state index in [4.69, 9.17) is 0 Å². The average molecular weight is 421 g/mol. The standard InChI is InChI=1S/C20H22BrFN2O2/c1-3-23(4-2)11-12-24-18-10-9-14(21)13-16(18)20(26,19(24)25)15-7-5-6-8-17(15)22/h5-10,13,26H,3-4,11-12H2,1-2H3. The smallest absolute Gasteiger partial charge is 0.268 e. The Bertz CT molecular complexity index is 825. The second-order valence-electron chi connectivity index (χ2n) is 6.34. The minimum Gasteiger partial charge on any atom is -0.372 e. The van der Waals surface area contributed by atoms with Crippen LogP contribution in [0, 0.1) is 5.82 Å². The topological polar surface area (TPSA) is 43.8 Å². The lowest BCUT2D eigenvalue weighted by molar-refractivity contribution is -0.132. The molecule has 0 spiro atoms. The van der Waals surface area contributed by atoms with Crippen LogP contribution in [0.2, 0.25) is 0 Å². The number of anilines is 1. The van der Waals surface area contributed by atoms with Gasteiger partial charge in [-0.3, -0.25) is 4.79 Å². The fraction of sp³-hybridized carbons (Fsp3) is 0.350. The van der Waals surface area contributed by atoms with Gasteiger partial charge in [0.2, 0.25) is 0 Å². The van der Waals surface area contributed by atoms with Gasteiger partial charge in [-0.05, 0) is 37.4 Å². The van der Waals surface area contributed by atoms with Crippen LogP contribution in [0.4, 0.5) is 10.1 Å². The highest BCUT2D eigenvalue weighted by atomic mass is 79.9. The summed E-state index contributed by atoms with van der Waals surface area (Å²) in [5.74, 6) is -1.11. The maximum Gasteiger partial charge on any atom is 0.268 e. The van der Waals surface area contributed by atoms with Crippen LogP contribution in [-0.2, 0) is 10.4 Å². The molecule has 1 N–H and O–H groups in total.